The summed E-state index contributed by atoms with van der Waals surface area (Å²) < 4.78 is 9.15. The average Bonchev–Trinajstić information content (AvgIpc) is 3.44. The molecule has 4 atom stereocenters. The van der Waals surface area contributed by atoms with Gasteiger partial charge in [0.25, 0.3) is 5.56 Å². The first-order valence-corrected chi connectivity index (χ1v) is 14.7. The maximum Gasteiger partial charge on any atom is 0.262 e. The molecule has 1 aromatic carbocycles. The Bertz CT molecular complexity index is 1470. The van der Waals surface area contributed by atoms with Crippen molar-refractivity contribution in [1.29, 1.82) is 0 Å². The molecular formula is C30H38ClN5O4. The minimum Gasteiger partial charge on any atom is -0.388 e. The number of halogens is 1. The van der Waals surface area contributed by atoms with Gasteiger partial charge in [0.05, 0.1) is 36.3 Å². The third-order valence-electron chi connectivity index (χ3n) is 9.43. The molecule has 9 nitrogen and oxygen atoms in total. The number of benzene rings is 1. The van der Waals surface area contributed by atoms with Gasteiger partial charge in [0.1, 0.15) is 11.5 Å². The molecule has 3 fully saturated rings. The van der Waals surface area contributed by atoms with Crippen LogP contribution in [0, 0.1) is 11.3 Å². The van der Waals surface area contributed by atoms with Gasteiger partial charge in [-0.1, -0.05) is 44.5 Å². The smallest absolute Gasteiger partial charge is 0.262 e. The van der Waals surface area contributed by atoms with Crippen LogP contribution in [0.15, 0.2) is 41.5 Å². The summed E-state index contributed by atoms with van der Waals surface area (Å²) in [6.45, 7) is 8.81. The highest BCUT2D eigenvalue weighted by Gasteiger charge is 2.55. The third kappa shape index (κ3) is 4.87. The first-order chi connectivity index (χ1) is 19.1. The quantitative estimate of drug-likeness (QED) is 0.471. The second-order valence-electron chi connectivity index (χ2n) is 12.2. The Balaban J connectivity index is 1.17. The third-order valence-corrected chi connectivity index (χ3v) is 9.71. The predicted octanol–water partition coefficient (Wildman–Crippen LogP) is 3.68. The second kappa shape index (κ2) is 10.3. The molecule has 2 aliphatic heterocycles. The Labute approximate surface area is 239 Å². The zero-order valence-electron chi connectivity index (χ0n) is 23.4. The molecule has 3 aromatic rings. The minimum atomic E-state index is -1.08. The van der Waals surface area contributed by atoms with Crippen molar-refractivity contribution in [2.75, 3.05) is 26.2 Å². The molecule has 4 heterocycles. The van der Waals surface area contributed by atoms with E-state index in [9.17, 15) is 14.7 Å². The Morgan fingerprint density at radius 1 is 1.25 bits per heavy atom. The molecule has 1 amide bonds. The highest BCUT2D eigenvalue weighted by atomic mass is 35.5. The number of nitrogens with zero attached hydrogens (tertiary/aromatic N) is 4. The first kappa shape index (κ1) is 27.4. The number of carbonyl (C=O) groups is 1. The number of aliphatic hydroxyl groups is 1. The van der Waals surface area contributed by atoms with E-state index in [0.29, 0.717) is 54.6 Å². The van der Waals surface area contributed by atoms with Crippen molar-refractivity contribution < 1.29 is 14.6 Å². The fourth-order valence-corrected chi connectivity index (χ4v) is 6.52. The van der Waals surface area contributed by atoms with Crippen LogP contribution in [0.1, 0.15) is 58.1 Å². The Morgan fingerprint density at radius 3 is 2.55 bits per heavy atom. The van der Waals surface area contributed by atoms with Gasteiger partial charge in [-0.15, -0.1) is 0 Å². The van der Waals surface area contributed by atoms with Crippen molar-refractivity contribution in [2.24, 2.45) is 11.3 Å². The van der Waals surface area contributed by atoms with E-state index in [0.717, 1.165) is 30.6 Å². The van der Waals surface area contributed by atoms with Gasteiger partial charge in [0.2, 0.25) is 5.91 Å². The maximum atomic E-state index is 13.5. The molecule has 2 aromatic heterocycles. The summed E-state index contributed by atoms with van der Waals surface area (Å²) in [5, 5.41) is 15.7. The number of ether oxygens (including phenoxy) is 1. The van der Waals surface area contributed by atoms with E-state index in [2.05, 4.69) is 24.1 Å². The summed E-state index contributed by atoms with van der Waals surface area (Å²) in [5.41, 5.74) is 0.829. The molecule has 1 saturated carbocycles. The number of likely N-dealkylation sites (tertiary alicyclic amines) is 1. The van der Waals surface area contributed by atoms with Crippen molar-refractivity contribution in [2.45, 2.75) is 70.7 Å². The number of piperidine rings is 1. The van der Waals surface area contributed by atoms with Crippen molar-refractivity contribution in [3.8, 4) is 5.69 Å². The number of hydrogen-bond acceptors (Lipinski definition) is 6. The molecule has 10 heteroatoms. The lowest BCUT2D eigenvalue weighted by atomic mass is 9.90. The Kier molecular flexibility index (Phi) is 7.05. The van der Waals surface area contributed by atoms with E-state index in [1.807, 2.05) is 36.1 Å². The summed E-state index contributed by atoms with van der Waals surface area (Å²) in [6.07, 6.45) is 4.50. The van der Waals surface area contributed by atoms with Crippen LogP contribution in [-0.2, 0) is 16.1 Å². The normalized spacial score (nSPS) is 28.1. The largest absolute Gasteiger partial charge is 0.388 e. The van der Waals surface area contributed by atoms with Crippen molar-refractivity contribution >= 4 is 28.5 Å². The first-order valence-electron chi connectivity index (χ1n) is 14.4. The fraction of sp³-hybridized carbons (Fsp3) is 0.567. The van der Waals surface area contributed by atoms with Crippen molar-refractivity contribution in [3.63, 3.8) is 0 Å². The molecule has 2 saturated heterocycles. The van der Waals surface area contributed by atoms with Crippen LogP contribution in [0.3, 0.4) is 0 Å². The molecule has 214 valence electrons. The molecule has 0 radical (unpaired) electrons. The van der Waals surface area contributed by atoms with Gasteiger partial charge in [-0.3, -0.25) is 18.7 Å². The summed E-state index contributed by atoms with van der Waals surface area (Å²) in [7, 11) is 0. The summed E-state index contributed by atoms with van der Waals surface area (Å²) in [4.78, 5) is 32.8. The maximum absolute atomic E-state index is 13.5. The van der Waals surface area contributed by atoms with Crippen LogP contribution in [0.25, 0.3) is 16.7 Å². The molecule has 0 spiro atoms. The molecule has 3 aliphatic rings. The SMILES string of the molecule is CC[C@H]1CN[C@H](c2ccc(-n3c(Cl)cc4c(=O)n(CC5(O)CCN(C(=O)[C@]6(C)C[C@H]6C)CC5)cnc43)cc2)CO1. The van der Waals surface area contributed by atoms with Gasteiger partial charge in [0.15, 0.2) is 5.65 Å². The number of morpholine rings is 1. The summed E-state index contributed by atoms with van der Waals surface area (Å²) in [6, 6.07) is 9.81. The molecule has 1 aliphatic carbocycles. The van der Waals surface area contributed by atoms with E-state index >= 15 is 0 Å². The molecule has 0 bridgehead atoms. The number of amides is 1. The number of nitrogens with one attached hydrogen (secondary N) is 1. The molecule has 6 rings (SSSR count). The lowest BCUT2D eigenvalue weighted by Gasteiger charge is -2.39. The number of aromatic nitrogens is 3. The molecular weight excluding hydrogens is 530 g/mol. The van der Waals surface area contributed by atoms with E-state index < -0.39 is 5.60 Å². The zero-order chi connectivity index (χ0) is 28.2. The highest BCUT2D eigenvalue weighted by molar-refractivity contribution is 6.31. The van der Waals surface area contributed by atoms with Crippen molar-refractivity contribution in [1.82, 2.24) is 24.3 Å². The monoisotopic (exact) mass is 567 g/mol. The fourth-order valence-electron chi connectivity index (χ4n) is 6.24. The Morgan fingerprint density at radius 2 is 1.95 bits per heavy atom. The number of fused-ring (bicyclic) bond motifs is 1. The van der Waals surface area contributed by atoms with Crippen LogP contribution >= 0.6 is 11.6 Å². The van der Waals surface area contributed by atoms with Crippen LogP contribution in [0.5, 0.6) is 0 Å². The highest BCUT2D eigenvalue weighted by Crippen LogP contribution is 2.53. The van der Waals surface area contributed by atoms with Crippen LogP contribution in [0.2, 0.25) is 5.15 Å². The van der Waals surface area contributed by atoms with E-state index in [4.69, 9.17) is 16.3 Å². The Hall–Kier alpha value is -2.72. The molecule has 2 N–H and O–H groups in total. The average molecular weight is 568 g/mol. The van der Waals surface area contributed by atoms with Gasteiger partial charge in [-0.25, -0.2) is 4.98 Å². The van der Waals surface area contributed by atoms with Gasteiger partial charge in [-0.2, -0.15) is 0 Å². The standard InChI is InChI=1S/C30H38ClN5O4/c1-4-22-15-32-24(16-40-22)20-5-7-21(8-6-20)36-25(31)13-23-26(36)33-18-35(27(23)37)17-30(39)9-11-34(12-10-30)28(38)29(3)14-19(29)2/h5-8,13,18-19,22,24,32,39H,4,9-12,14-17H2,1-3H3/t19-,22+,24+,29-/m1/s1. The topological polar surface area (TPSA) is 102 Å². The van der Waals surface area contributed by atoms with Crippen LogP contribution < -0.4 is 10.9 Å². The van der Waals surface area contributed by atoms with Gasteiger partial charge < -0.3 is 20.1 Å². The van der Waals surface area contributed by atoms with E-state index in [1.54, 1.807) is 10.6 Å². The summed E-state index contributed by atoms with van der Waals surface area (Å²) >= 11 is 6.62. The van der Waals surface area contributed by atoms with Gasteiger partial charge in [0, 0.05) is 30.7 Å². The lowest BCUT2D eigenvalue weighted by Crippen LogP contribution is -2.51. The van der Waals surface area contributed by atoms with E-state index in [1.165, 1.54) is 10.9 Å². The minimum absolute atomic E-state index is 0.122. The number of rotatable bonds is 6. The van der Waals surface area contributed by atoms with Crippen LogP contribution in [0.4, 0.5) is 0 Å². The molecule has 40 heavy (non-hydrogen) atoms. The van der Waals surface area contributed by atoms with Crippen molar-refractivity contribution in [3.05, 3.63) is 57.7 Å². The summed E-state index contributed by atoms with van der Waals surface area (Å²) in [5.74, 6) is 0.589. The van der Waals surface area contributed by atoms with Gasteiger partial charge >= 0.3 is 0 Å². The lowest BCUT2D eigenvalue weighted by molar-refractivity contribution is -0.141. The van der Waals surface area contributed by atoms with E-state index in [-0.39, 0.29) is 35.6 Å². The number of hydrogen-bond donors (Lipinski definition) is 2. The zero-order valence-corrected chi connectivity index (χ0v) is 24.2. The van der Waals surface area contributed by atoms with Gasteiger partial charge in [-0.05, 0) is 55.4 Å². The predicted molar refractivity (Wildman–Crippen MR) is 154 cm³/mol. The second-order valence-corrected chi connectivity index (χ2v) is 12.6. The molecule has 0 unspecified atom stereocenters. The number of carbonyl (C=O) groups excluding carboxylic acids is 1. The van der Waals surface area contributed by atoms with Crippen LogP contribution in [-0.4, -0.2) is 68.0 Å².